The van der Waals surface area contributed by atoms with Crippen LogP contribution in [0.15, 0.2) is 60.0 Å². The second-order valence-electron chi connectivity index (χ2n) is 7.76. The molecule has 30 heavy (non-hydrogen) atoms. The van der Waals surface area contributed by atoms with Crippen molar-refractivity contribution in [3.63, 3.8) is 0 Å². The number of nitrogens with one attached hydrogen (secondary N) is 1. The van der Waals surface area contributed by atoms with Crippen LogP contribution in [0.2, 0.25) is 0 Å². The number of hydrogen-bond acceptors (Lipinski definition) is 4. The lowest BCUT2D eigenvalue weighted by Gasteiger charge is -2.32. The van der Waals surface area contributed by atoms with Crippen LogP contribution in [0.5, 0.6) is 0 Å². The highest BCUT2D eigenvalue weighted by atomic mass is 32.2. The highest BCUT2D eigenvalue weighted by molar-refractivity contribution is 7.92. The van der Waals surface area contributed by atoms with Crippen LogP contribution in [-0.4, -0.2) is 56.3 Å². The van der Waals surface area contributed by atoms with Crippen LogP contribution in [0.25, 0.3) is 6.08 Å². The van der Waals surface area contributed by atoms with E-state index in [1.54, 1.807) is 6.08 Å². The molecule has 2 aromatic rings. The van der Waals surface area contributed by atoms with Gasteiger partial charge in [-0.15, -0.1) is 0 Å². The highest BCUT2D eigenvalue weighted by Crippen LogP contribution is 2.17. The van der Waals surface area contributed by atoms with Crippen LogP contribution in [0, 0.1) is 0 Å². The first-order valence-corrected chi connectivity index (χ1v) is 11.7. The first-order valence-electron chi connectivity index (χ1n) is 10.2. The first-order chi connectivity index (χ1) is 14.3. The molecule has 1 aliphatic rings. The lowest BCUT2D eigenvalue weighted by atomic mass is 10.0. The Morgan fingerprint density at radius 2 is 1.63 bits per heavy atom. The van der Waals surface area contributed by atoms with E-state index in [1.165, 1.54) is 15.3 Å². The lowest BCUT2D eigenvalue weighted by Crippen LogP contribution is -2.49. The summed E-state index contributed by atoms with van der Waals surface area (Å²) in [5.41, 5.74) is 2.85. The molecule has 0 spiro atoms. The van der Waals surface area contributed by atoms with Gasteiger partial charge in [0, 0.05) is 37.3 Å². The Morgan fingerprint density at radius 1 is 1.00 bits per heavy atom. The highest BCUT2D eigenvalue weighted by Gasteiger charge is 2.25. The van der Waals surface area contributed by atoms with Crippen molar-refractivity contribution >= 4 is 27.7 Å². The maximum Gasteiger partial charge on any atom is 0.238 e. The molecule has 0 bridgehead atoms. The van der Waals surface area contributed by atoms with E-state index in [-0.39, 0.29) is 12.5 Å². The maximum atomic E-state index is 12.5. The van der Waals surface area contributed by atoms with E-state index in [0.717, 1.165) is 11.3 Å². The molecule has 0 aliphatic carbocycles. The second kappa shape index (κ2) is 10.0. The minimum atomic E-state index is -3.47. The summed E-state index contributed by atoms with van der Waals surface area (Å²) in [5, 5.41) is 4.17. The van der Waals surface area contributed by atoms with E-state index in [4.69, 9.17) is 0 Å². The molecule has 1 aliphatic heterocycles. The number of hydrogen-bond donors (Lipinski definition) is 1. The van der Waals surface area contributed by atoms with E-state index in [0.29, 0.717) is 32.1 Å². The van der Waals surface area contributed by atoms with Crippen molar-refractivity contribution in [1.29, 1.82) is 0 Å². The summed E-state index contributed by atoms with van der Waals surface area (Å²) in [4.78, 5) is 14.3. The Hall–Kier alpha value is -2.48. The van der Waals surface area contributed by atoms with Gasteiger partial charge in [0.15, 0.2) is 0 Å². The SMILES string of the molecule is CC(C)c1ccc(NC(=O)CN2CCN(S(=O)(=O)C=Cc3ccccc3)CC2)cc1. The number of amides is 1. The molecular formula is C23H29N3O3S. The normalized spacial score (nSPS) is 16.2. The van der Waals surface area contributed by atoms with E-state index in [9.17, 15) is 13.2 Å². The van der Waals surface area contributed by atoms with Crippen LogP contribution < -0.4 is 5.32 Å². The van der Waals surface area contributed by atoms with Gasteiger partial charge in [0.25, 0.3) is 0 Å². The van der Waals surface area contributed by atoms with Gasteiger partial charge < -0.3 is 5.32 Å². The summed E-state index contributed by atoms with van der Waals surface area (Å²) in [6.07, 6.45) is 1.61. The molecule has 0 saturated carbocycles. The fourth-order valence-electron chi connectivity index (χ4n) is 3.31. The zero-order valence-electron chi connectivity index (χ0n) is 17.5. The Labute approximate surface area is 179 Å². The second-order valence-corrected chi connectivity index (χ2v) is 9.58. The number of sulfonamides is 1. The Kier molecular flexibility index (Phi) is 7.42. The topological polar surface area (TPSA) is 69.7 Å². The minimum Gasteiger partial charge on any atom is -0.325 e. The molecule has 0 unspecified atom stereocenters. The third-order valence-electron chi connectivity index (χ3n) is 5.15. The number of carbonyl (C=O) groups excluding carboxylic acids is 1. The number of nitrogens with zero attached hydrogens (tertiary/aromatic N) is 2. The Bertz CT molecular complexity index is 963. The van der Waals surface area contributed by atoms with E-state index in [2.05, 4.69) is 19.2 Å². The van der Waals surface area contributed by atoms with Crippen LogP contribution in [0.3, 0.4) is 0 Å². The molecule has 0 radical (unpaired) electrons. The minimum absolute atomic E-state index is 0.0902. The van der Waals surface area contributed by atoms with Crippen molar-refractivity contribution in [3.05, 3.63) is 71.1 Å². The molecule has 1 saturated heterocycles. The summed E-state index contributed by atoms with van der Waals surface area (Å²) in [5.74, 6) is 0.359. The summed E-state index contributed by atoms with van der Waals surface area (Å²) < 4.78 is 26.6. The number of piperazine rings is 1. The Morgan fingerprint density at radius 3 is 2.23 bits per heavy atom. The zero-order valence-corrected chi connectivity index (χ0v) is 18.3. The average molecular weight is 428 g/mol. The molecule has 6 nitrogen and oxygen atoms in total. The molecule has 0 aromatic heterocycles. The van der Waals surface area contributed by atoms with Gasteiger partial charge >= 0.3 is 0 Å². The molecule has 3 rings (SSSR count). The third kappa shape index (κ3) is 6.26. The number of anilines is 1. The molecule has 1 N–H and O–H groups in total. The standard InChI is InChI=1S/C23H29N3O3S/c1-19(2)21-8-10-22(11-9-21)24-23(27)18-25-13-15-26(16-14-25)30(28,29)17-12-20-6-4-3-5-7-20/h3-12,17,19H,13-16,18H2,1-2H3,(H,24,27). The molecule has 0 atom stereocenters. The third-order valence-corrected chi connectivity index (χ3v) is 6.72. The van der Waals surface area contributed by atoms with Gasteiger partial charge in [0.1, 0.15) is 0 Å². The number of benzene rings is 2. The Balaban J connectivity index is 1.47. The smallest absolute Gasteiger partial charge is 0.238 e. The maximum absolute atomic E-state index is 12.5. The molecule has 160 valence electrons. The van der Waals surface area contributed by atoms with Crippen LogP contribution in [-0.2, 0) is 14.8 Å². The molecule has 1 fully saturated rings. The largest absolute Gasteiger partial charge is 0.325 e. The van der Waals surface area contributed by atoms with E-state index < -0.39 is 10.0 Å². The van der Waals surface area contributed by atoms with Gasteiger partial charge in [0.2, 0.25) is 15.9 Å². The van der Waals surface area contributed by atoms with Gasteiger partial charge in [-0.25, -0.2) is 8.42 Å². The summed E-state index contributed by atoms with van der Waals surface area (Å²) in [6.45, 7) is 6.31. The van der Waals surface area contributed by atoms with E-state index >= 15 is 0 Å². The summed E-state index contributed by atoms with van der Waals surface area (Å²) in [6, 6.07) is 17.2. The fraction of sp³-hybridized carbons (Fsp3) is 0.348. The van der Waals surface area contributed by atoms with Crippen molar-refractivity contribution in [3.8, 4) is 0 Å². The number of carbonyl (C=O) groups is 1. The quantitative estimate of drug-likeness (QED) is 0.736. The van der Waals surface area contributed by atoms with Crippen molar-refractivity contribution in [1.82, 2.24) is 9.21 Å². The van der Waals surface area contributed by atoms with Crippen molar-refractivity contribution in [2.24, 2.45) is 0 Å². The predicted molar refractivity (Wildman–Crippen MR) is 122 cm³/mol. The van der Waals surface area contributed by atoms with Crippen LogP contribution in [0.4, 0.5) is 5.69 Å². The van der Waals surface area contributed by atoms with Gasteiger partial charge in [0.05, 0.1) is 6.54 Å². The van der Waals surface area contributed by atoms with E-state index in [1.807, 2.05) is 59.5 Å². The molecular weight excluding hydrogens is 398 g/mol. The molecule has 1 heterocycles. The first kappa shape index (κ1) is 22.2. The molecule has 2 aromatic carbocycles. The average Bonchev–Trinajstić information content (AvgIpc) is 2.74. The lowest BCUT2D eigenvalue weighted by molar-refractivity contribution is -0.117. The monoisotopic (exact) mass is 427 g/mol. The fourth-order valence-corrected chi connectivity index (χ4v) is 4.49. The zero-order chi connectivity index (χ0) is 21.6. The predicted octanol–water partition coefficient (Wildman–Crippen LogP) is 3.37. The molecule has 7 heteroatoms. The van der Waals surface area contributed by atoms with Crippen molar-refractivity contribution < 1.29 is 13.2 Å². The summed E-state index contributed by atoms with van der Waals surface area (Å²) >= 11 is 0. The number of rotatable bonds is 7. The molecule has 1 amide bonds. The van der Waals surface area contributed by atoms with Gasteiger partial charge in [-0.1, -0.05) is 56.3 Å². The van der Waals surface area contributed by atoms with Crippen LogP contribution in [0.1, 0.15) is 30.9 Å². The van der Waals surface area contributed by atoms with Crippen molar-refractivity contribution in [2.45, 2.75) is 19.8 Å². The van der Waals surface area contributed by atoms with Crippen LogP contribution >= 0.6 is 0 Å². The van der Waals surface area contributed by atoms with Gasteiger partial charge in [-0.2, -0.15) is 4.31 Å². The summed E-state index contributed by atoms with van der Waals surface area (Å²) in [7, 11) is -3.47. The van der Waals surface area contributed by atoms with Gasteiger partial charge in [-0.3, -0.25) is 9.69 Å². The van der Waals surface area contributed by atoms with Crippen molar-refractivity contribution in [2.75, 3.05) is 38.0 Å². The van der Waals surface area contributed by atoms with Gasteiger partial charge in [-0.05, 0) is 35.3 Å².